The number of nitrogens with one attached hydrogen (secondary N) is 2. The third-order valence-corrected chi connectivity index (χ3v) is 10.4. The standard InChI is InChI=1S/C34H38N2O6/c1-19-17-33-20(2)15-25-26(32(25,3)4)24(28(33)38)16-22(18-35-31(40)36-23-13-9-6-10-14-23)27(37)34(33,41)29(19)42-30(39)21-11-7-5-8-12-21/h5-14,16-17,20,24-27,29,37,41H,15,18H2,1-4H3,(H2,35,36,40)/t20-,24+,25-,26+,27-,29+,33+,34+/m1/s1. The summed E-state index contributed by atoms with van der Waals surface area (Å²) in [6, 6.07) is 16.9. The third kappa shape index (κ3) is 4.07. The molecule has 42 heavy (non-hydrogen) atoms. The van der Waals surface area contributed by atoms with Crippen molar-refractivity contribution in [2.75, 3.05) is 11.9 Å². The van der Waals surface area contributed by atoms with Crippen molar-refractivity contribution in [1.82, 2.24) is 5.32 Å². The van der Waals surface area contributed by atoms with E-state index in [0.717, 1.165) is 0 Å². The molecule has 2 bridgehead atoms. The summed E-state index contributed by atoms with van der Waals surface area (Å²) in [5, 5.41) is 30.4. The summed E-state index contributed by atoms with van der Waals surface area (Å²) in [4.78, 5) is 40.8. The number of ether oxygens (including phenoxy) is 1. The highest BCUT2D eigenvalue weighted by molar-refractivity contribution is 5.96. The van der Waals surface area contributed by atoms with Gasteiger partial charge in [-0.3, -0.25) is 4.79 Å². The van der Waals surface area contributed by atoms with Gasteiger partial charge in [0.2, 0.25) is 0 Å². The Bertz CT molecular complexity index is 1480. The molecule has 2 amide bonds. The average Bonchev–Trinajstić information content (AvgIpc) is 3.46. The first-order valence-electron chi connectivity index (χ1n) is 14.6. The first kappa shape index (κ1) is 28.4. The van der Waals surface area contributed by atoms with Crippen LogP contribution in [0.25, 0.3) is 0 Å². The molecule has 4 aliphatic rings. The number of allylic oxidation sites excluding steroid dienone is 1. The Morgan fingerprint density at radius 1 is 1.05 bits per heavy atom. The van der Waals surface area contributed by atoms with E-state index in [0.29, 0.717) is 28.8 Å². The van der Waals surface area contributed by atoms with Gasteiger partial charge >= 0.3 is 12.0 Å². The maximum absolute atomic E-state index is 14.7. The number of hydrogen-bond acceptors (Lipinski definition) is 6. The van der Waals surface area contributed by atoms with Crippen molar-refractivity contribution in [2.24, 2.45) is 34.5 Å². The van der Waals surface area contributed by atoms with Gasteiger partial charge in [-0.15, -0.1) is 0 Å². The van der Waals surface area contributed by atoms with Crippen molar-refractivity contribution in [3.8, 4) is 0 Å². The highest BCUT2D eigenvalue weighted by atomic mass is 16.6. The SMILES string of the molecule is CC1=C[C@]23C(=O)[C@@H](C=C(CNC(=O)Nc4ccccc4)[C@@H](O)[C@]2(O)[C@H]1OC(=O)c1ccccc1)[C@H]1[C@@H](C[C@H]3C)C1(C)C. The lowest BCUT2D eigenvalue weighted by Gasteiger charge is -2.48. The quantitative estimate of drug-likeness (QED) is 0.310. The van der Waals surface area contributed by atoms with Gasteiger partial charge in [0.15, 0.2) is 17.5 Å². The Kier molecular flexibility index (Phi) is 6.70. The van der Waals surface area contributed by atoms with E-state index in [9.17, 15) is 24.6 Å². The largest absolute Gasteiger partial charge is 0.451 e. The molecule has 0 radical (unpaired) electrons. The lowest BCUT2D eigenvalue weighted by atomic mass is 9.59. The number of anilines is 1. The van der Waals surface area contributed by atoms with E-state index in [1.807, 2.05) is 13.0 Å². The maximum Gasteiger partial charge on any atom is 0.338 e. The molecule has 2 saturated carbocycles. The van der Waals surface area contributed by atoms with Crippen molar-refractivity contribution in [3.63, 3.8) is 0 Å². The zero-order valence-corrected chi connectivity index (χ0v) is 24.3. The minimum Gasteiger partial charge on any atom is -0.451 e. The molecule has 4 aliphatic carbocycles. The minimum atomic E-state index is -2.17. The zero-order chi connectivity index (χ0) is 30.0. The number of amides is 2. The first-order chi connectivity index (χ1) is 19.9. The van der Waals surface area contributed by atoms with Gasteiger partial charge < -0.3 is 25.6 Å². The molecule has 8 heteroatoms. The summed E-state index contributed by atoms with van der Waals surface area (Å²) in [7, 11) is 0. The molecular formula is C34H38N2O6. The van der Waals surface area contributed by atoms with Crippen molar-refractivity contribution in [3.05, 3.63) is 89.5 Å². The normalized spacial score (nSPS) is 35.8. The van der Waals surface area contributed by atoms with E-state index < -0.39 is 41.1 Å². The summed E-state index contributed by atoms with van der Waals surface area (Å²) >= 11 is 0. The number of ketones is 1. The number of hydrogen-bond donors (Lipinski definition) is 4. The Morgan fingerprint density at radius 2 is 1.69 bits per heavy atom. The molecule has 0 heterocycles. The highest BCUT2D eigenvalue weighted by Gasteiger charge is 2.76. The number of aliphatic hydroxyl groups is 2. The summed E-state index contributed by atoms with van der Waals surface area (Å²) in [6.45, 7) is 7.90. The van der Waals surface area contributed by atoms with Crippen LogP contribution in [0, 0.1) is 34.5 Å². The van der Waals surface area contributed by atoms with Crippen molar-refractivity contribution >= 4 is 23.5 Å². The minimum absolute atomic E-state index is 0.0362. The van der Waals surface area contributed by atoms with Gasteiger partial charge in [0.1, 0.15) is 6.10 Å². The van der Waals surface area contributed by atoms with Crippen LogP contribution in [0.5, 0.6) is 0 Å². The molecule has 0 unspecified atom stereocenters. The molecule has 0 saturated heterocycles. The lowest BCUT2D eigenvalue weighted by Crippen LogP contribution is -2.66. The molecule has 2 aromatic carbocycles. The molecule has 1 spiro atoms. The summed E-state index contributed by atoms with van der Waals surface area (Å²) < 4.78 is 5.97. The smallest absolute Gasteiger partial charge is 0.338 e. The molecule has 8 nitrogen and oxygen atoms in total. The topological polar surface area (TPSA) is 125 Å². The van der Waals surface area contributed by atoms with Gasteiger partial charge in [-0.05, 0) is 71.9 Å². The molecule has 8 atom stereocenters. The van der Waals surface area contributed by atoms with E-state index in [-0.39, 0.29) is 35.5 Å². The van der Waals surface area contributed by atoms with E-state index in [1.54, 1.807) is 73.7 Å². The number of fused-ring (bicyclic) bond motifs is 3. The monoisotopic (exact) mass is 570 g/mol. The number of urea groups is 1. The molecular weight excluding hydrogens is 532 g/mol. The van der Waals surface area contributed by atoms with Crippen molar-refractivity contribution in [2.45, 2.75) is 51.9 Å². The number of benzene rings is 2. The van der Waals surface area contributed by atoms with E-state index >= 15 is 0 Å². The van der Waals surface area contributed by atoms with Crippen LogP contribution >= 0.6 is 0 Å². The molecule has 6 rings (SSSR count). The fourth-order valence-electron chi connectivity index (χ4n) is 8.24. The van der Waals surface area contributed by atoms with Crippen molar-refractivity contribution < 1.29 is 29.3 Å². The third-order valence-electron chi connectivity index (χ3n) is 10.4. The summed E-state index contributed by atoms with van der Waals surface area (Å²) in [5.41, 5.74) is -1.99. The van der Waals surface area contributed by atoms with Gasteiger partial charge in [0, 0.05) is 18.2 Å². The molecule has 0 aromatic heterocycles. The fraction of sp³-hybridized carbons (Fsp3) is 0.441. The van der Waals surface area contributed by atoms with Crippen LogP contribution in [0.15, 0.2) is 84.0 Å². The van der Waals surface area contributed by atoms with Gasteiger partial charge in [0.05, 0.1) is 11.0 Å². The van der Waals surface area contributed by atoms with Gasteiger partial charge in [-0.1, -0.05) is 69.3 Å². The molecule has 220 valence electrons. The second kappa shape index (κ2) is 9.92. The Hall–Kier alpha value is -3.75. The number of Topliss-reactive ketones (excluding diaryl/α,β-unsaturated/α-hetero) is 1. The van der Waals surface area contributed by atoms with Gasteiger partial charge in [-0.2, -0.15) is 0 Å². The second-order valence-electron chi connectivity index (χ2n) is 13.0. The van der Waals surface area contributed by atoms with Crippen LogP contribution in [-0.2, 0) is 9.53 Å². The lowest BCUT2D eigenvalue weighted by molar-refractivity contribution is -0.190. The molecule has 2 fully saturated rings. The van der Waals surface area contributed by atoms with E-state index in [2.05, 4.69) is 24.5 Å². The molecule has 2 aromatic rings. The summed E-state index contributed by atoms with van der Waals surface area (Å²) in [5.74, 6) is -1.44. The van der Waals surface area contributed by atoms with Crippen molar-refractivity contribution in [1.29, 1.82) is 0 Å². The van der Waals surface area contributed by atoms with Gasteiger partial charge in [-0.25, -0.2) is 9.59 Å². The Labute approximate surface area is 245 Å². The number of carbonyl (C=O) groups is 3. The average molecular weight is 571 g/mol. The van der Waals surface area contributed by atoms with Crippen LogP contribution < -0.4 is 10.6 Å². The predicted octanol–water partition coefficient (Wildman–Crippen LogP) is 4.51. The van der Waals surface area contributed by atoms with E-state index in [1.165, 1.54) is 0 Å². The second-order valence-corrected chi connectivity index (χ2v) is 13.0. The summed E-state index contributed by atoms with van der Waals surface area (Å²) in [6.07, 6.45) is 1.35. The predicted molar refractivity (Wildman–Crippen MR) is 157 cm³/mol. The highest BCUT2D eigenvalue weighted by Crippen LogP contribution is 2.71. The van der Waals surface area contributed by atoms with Crippen LogP contribution in [0.1, 0.15) is 44.5 Å². The number of rotatable bonds is 5. The van der Waals surface area contributed by atoms with Crippen LogP contribution in [0.4, 0.5) is 10.5 Å². The fourth-order valence-corrected chi connectivity index (χ4v) is 8.24. The number of aliphatic hydroxyl groups excluding tert-OH is 1. The Balaban J connectivity index is 1.39. The van der Waals surface area contributed by atoms with Crippen LogP contribution in [0.2, 0.25) is 0 Å². The Morgan fingerprint density at radius 3 is 2.36 bits per heavy atom. The zero-order valence-electron chi connectivity index (χ0n) is 24.3. The van der Waals surface area contributed by atoms with Crippen LogP contribution in [0.3, 0.4) is 0 Å². The first-order valence-corrected chi connectivity index (χ1v) is 14.6. The molecule has 0 aliphatic heterocycles. The number of para-hydroxylation sites is 1. The van der Waals surface area contributed by atoms with Gasteiger partial charge in [0.25, 0.3) is 0 Å². The number of carbonyl (C=O) groups excluding carboxylic acids is 3. The van der Waals surface area contributed by atoms with Crippen LogP contribution in [-0.4, -0.2) is 52.4 Å². The van der Waals surface area contributed by atoms with E-state index in [4.69, 9.17) is 4.74 Å². The molecule has 4 N–H and O–H groups in total. The number of esters is 1. The maximum atomic E-state index is 14.7.